The maximum atomic E-state index is 11.8. The maximum absolute atomic E-state index is 11.8. The van der Waals surface area contributed by atoms with Gasteiger partial charge in [0.15, 0.2) is 0 Å². The highest BCUT2D eigenvalue weighted by atomic mass is 16.5. The number of amides is 1. The van der Waals surface area contributed by atoms with Crippen molar-refractivity contribution in [2.45, 2.75) is 51.4 Å². The van der Waals surface area contributed by atoms with E-state index >= 15 is 0 Å². The minimum Gasteiger partial charge on any atom is -0.381 e. The average Bonchev–Trinajstić information content (AvgIpc) is 2.88. The van der Waals surface area contributed by atoms with Crippen molar-refractivity contribution in [3.8, 4) is 0 Å². The van der Waals surface area contributed by atoms with Crippen LogP contribution < -0.4 is 5.32 Å². The molecule has 1 heterocycles. The topological polar surface area (TPSA) is 38.3 Å². The molecular weight excluding hydrogens is 214 g/mol. The van der Waals surface area contributed by atoms with E-state index in [2.05, 4.69) is 5.32 Å². The van der Waals surface area contributed by atoms with E-state index in [1.165, 1.54) is 32.1 Å². The van der Waals surface area contributed by atoms with E-state index in [1.807, 2.05) is 0 Å². The second-order valence-electron chi connectivity index (χ2n) is 5.47. The zero-order chi connectivity index (χ0) is 11.9. The minimum atomic E-state index is 0.204. The molecule has 3 heteroatoms. The summed E-state index contributed by atoms with van der Waals surface area (Å²) in [6, 6.07) is 0. The third-order valence-electron chi connectivity index (χ3n) is 4.16. The van der Waals surface area contributed by atoms with Crippen LogP contribution in [0.3, 0.4) is 0 Å². The Hall–Kier alpha value is -0.570. The Morgan fingerprint density at radius 1 is 1.12 bits per heavy atom. The van der Waals surface area contributed by atoms with Gasteiger partial charge in [-0.3, -0.25) is 4.79 Å². The zero-order valence-electron chi connectivity index (χ0n) is 10.7. The van der Waals surface area contributed by atoms with Crippen LogP contribution in [0.15, 0.2) is 0 Å². The molecule has 2 fully saturated rings. The summed E-state index contributed by atoms with van der Waals surface area (Å²) in [4.78, 5) is 11.8. The Morgan fingerprint density at radius 3 is 2.53 bits per heavy atom. The quantitative estimate of drug-likeness (QED) is 0.749. The number of ether oxygens (including phenoxy) is 1. The van der Waals surface area contributed by atoms with Gasteiger partial charge in [-0.15, -0.1) is 0 Å². The van der Waals surface area contributed by atoms with E-state index in [9.17, 15) is 4.79 Å². The molecule has 3 nitrogen and oxygen atoms in total. The van der Waals surface area contributed by atoms with Crippen LogP contribution in [-0.4, -0.2) is 25.7 Å². The molecular formula is C14H25NO2. The van der Waals surface area contributed by atoms with Gasteiger partial charge in [-0.1, -0.05) is 25.7 Å². The fraction of sp³-hybridized carbons (Fsp3) is 0.929. The summed E-state index contributed by atoms with van der Waals surface area (Å²) in [7, 11) is 0. The molecule has 1 amide bonds. The Kier molecular flexibility index (Phi) is 5.30. The minimum absolute atomic E-state index is 0.204. The fourth-order valence-electron chi connectivity index (χ4n) is 3.01. The van der Waals surface area contributed by atoms with E-state index in [-0.39, 0.29) is 11.8 Å². The summed E-state index contributed by atoms with van der Waals surface area (Å²) in [6.45, 7) is 2.37. The number of carbonyl (C=O) groups is 1. The van der Waals surface area contributed by atoms with E-state index in [0.29, 0.717) is 0 Å². The molecule has 0 radical (unpaired) electrons. The molecule has 0 aromatic rings. The van der Waals surface area contributed by atoms with Gasteiger partial charge in [0.05, 0.1) is 0 Å². The molecule has 1 aliphatic heterocycles. The van der Waals surface area contributed by atoms with Crippen LogP contribution in [0.2, 0.25) is 0 Å². The second kappa shape index (κ2) is 7.00. The molecule has 0 unspecified atom stereocenters. The SMILES string of the molecule is O=C(NCCCC1CCCC1)C1CCOCC1. The van der Waals surface area contributed by atoms with Crippen LogP contribution in [0, 0.1) is 11.8 Å². The molecule has 17 heavy (non-hydrogen) atoms. The summed E-state index contributed by atoms with van der Waals surface area (Å²) >= 11 is 0. The first-order valence-corrected chi connectivity index (χ1v) is 7.21. The first-order valence-electron chi connectivity index (χ1n) is 7.21. The third kappa shape index (κ3) is 4.30. The molecule has 1 saturated carbocycles. The van der Waals surface area contributed by atoms with Crippen molar-refractivity contribution in [2.24, 2.45) is 11.8 Å². The molecule has 0 aromatic carbocycles. The molecule has 1 saturated heterocycles. The summed E-state index contributed by atoms with van der Waals surface area (Å²) in [5.74, 6) is 1.39. The van der Waals surface area contributed by atoms with Gasteiger partial charge in [0.25, 0.3) is 0 Å². The van der Waals surface area contributed by atoms with Gasteiger partial charge in [-0.25, -0.2) is 0 Å². The lowest BCUT2D eigenvalue weighted by Gasteiger charge is -2.21. The highest BCUT2D eigenvalue weighted by Crippen LogP contribution is 2.28. The highest BCUT2D eigenvalue weighted by molar-refractivity contribution is 5.78. The van der Waals surface area contributed by atoms with Gasteiger partial charge in [0.1, 0.15) is 0 Å². The number of rotatable bonds is 5. The predicted molar refractivity (Wildman–Crippen MR) is 67.7 cm³/mol. The second-order valence-corrected chi connectivity index (χ2v) is 5.47. The normalized spacial score (nSPS) is 22.8. The van der Waals surface area contributed by atoms with Crippen LogP contribution in [0.4, 0.5) is 0 Å². The molecule has 0 bridgehead atoms. The van der Waals surface area contributed by atoms with Crippen LogP contribution in [0.5, 0.6) is 0 Å². The number of carbonyl (C=O) groups excluding carboxylic acids is 1. The number of hydrogen-bond acceptors (Lipinski definition) is 2. The lowest BCUT2D eigenvalue weighted by atomic mass is 9.99. The van der Waals surface area contributed by atoms with Gasteiger partial charge >= 0.3 is 0 Å². The monoisotopic (exact) mass is 239 g/mol. The Balaban J connectivity index is 1.53. The van der Waals surface area contributed by atoms with E-state index in [4.69, 9.17) is 4.74 Å². The largest absolute Gasteiger partial charge is 0.381 e. The molecule has 1 N–H and O–H groups in total. The van der Waals surface area contributed by atoms with Crippen LogP contribution in [-0.2, 0) is 9.53 Å². The van der Waals surface area contributed by atoms with Crippen molar-refractivity contribution in [3.63, 3.8) is 0 Å². The van der Waals surface area contributed by atoms with E-state index < -0.39 is 0 Å². The standard InChI is InChI=1S/C14H25NO2/c16-14(13-7-10-17-11-8-13)15-9-3-6-12-4-1-2-5-12/h12-13H,1-11H2,(H,15,16). The maximum Gasteiger partial charge on any atom is 0.223 e. The lowest BCUT2D eigenvalue weighted by Crippen LogP contribution is -2.34. The number of nitrogens with one attached hydrogen (secondary N) is 1. The molecule has 0 atom stereocenters. The van der Waals surface area contributed by atoms with Crippen molar-refractivity contribution in [1.82, 2.24) is 5.32 Å². The van der Waals surface area contributed by atoms with Gasteiger partial charge in [0.2, 0.25) is 5.91 Å². The van der Waals surface area contributed by atoms with E-state index in [0.717, 1.165) is 44.9 Å². The first kappa shape index (κ1) is 12.9. The van der Waals surface area contributed by atoms with Crippen molar-refractivity contribution in [2.75, 3.05) is 19.8 Å². The van der Waals surface area contributed by atoms with Crippen molar-refractivity contribution >= 4 is 5.91 Å². The highest BCUT2D eigenvalue weighted by Gasteiger charge is 2.21. The fourth-order valence-corrected chi connectivity index (χ4v) is 3.01. The van der Waals surface area contributed by atoms with Crippen molar-refractivity contribution in [1.29, 1.82) is 0 Å². The molecule has 0 aromatic heterocycles. The molecule has 2 rings (SSSR count). The molecule has 0 spiro atoms. The molecule has 2 aliphatic rings. The van der Waals surface area contributed by atoms with Crippen LogP contribution in [0.25, 0.3) is 0 Å². The first-order chi connectivity index (χ1) is 8.36. The molecule has 1 aliphatic carbocycles. The Labute approximate surface area is 104 Å². The lowest BCUT2D eigenvalue weighted by molar-refractivity contribution is -0.127. The summed E-state index contributed by atoms with van der Waals surface area (Å²) in [5.41, 5.74) is 0. The average molecular weight is 239 g/mol. The van der Waals surface area contributed by atoms with Crippen LogP contribution in [0.1, 0.15) is 51.4 Å². The summed E-state index contributed by atoms with van der Waals surface area (Å²) in [5, 5.41) is 3.08. The summed E-state index contributed by atoms with van der Waals surface area (Å²) in [6.07, 6.45) is 9.90. The van der Waals surface area contributed by atoms with Gasteiger partial charge in [-0.05, 0) is 31.6 Å². The smallest absolute Gasteiger partial charge is 0.223 e. The Bertz CT molecular complexity index is 230. The van der Waals surface area contributed by atoms with Crippen molar-refractivity contribution < 1.29 is 9.53 Å². The summed E-state index contributed by atoms with van der Waals surface area (Å²) < 4.78 is 5.26. The van der Waals surface area contributed by atoms with Gasteiger partial charge < -0.3 is 10.1 Å². The van der Waals surface area contributed by atoms with Crippen molar-refractivity contribution in [3.05, 3.63) is 0 Å². The van der Waals surface area contributed by atoms with Crippen LogP contribution >= 0.6 is 0 Å². The molecule has 98 valence electrons. The van der Waals surface area contributed by atoms with E-state index in [1.54, 1.807) is 0 Å². The van der Waals surface area contributed by atoms with Gasteiger partial charge in [-0.2, -0.15) is 0 Å². The third-order valence-corrected chi connectivity index (χ3v) is 4.16. The zero-order valence-corrected chi connectivity index (χ0v) is 10.7. The van der Waals surface area contributed by atoms with Gasteiger partial charge in [0, 0.05) is 25.7 Å². The number of hydrogen-bond donors (Lipinski definition) is 1. The Morgan fingerprint density at radius 2 is 1.82 bits per heavy atom. The predicted octanol–water partition coefficient (Wildman–Crippen LogP) is 2.50.